The minimum atomic E-state index is -0.324. The molecule has 0 bridgehead atoms. The van der Waals surface area contributed by atoms with Crippen molar-refractivity contribution in [1.29, 1.82) is 0 Å². The van der Waals surface area contributed by atoms with Crippen molar-refractivity contribution < 1.29 is 4.39 Å². The highest BCUT2D eigenvalue weighted by Gasteiger charge is 2.10. The van der Waals surface area contributed by atoms with E-state index in [1.807, 2.05) is 0 Å². The van der Waals surface area contributed by atoms with E-state index in [1.165, 1.54) is 29.8 Å². The first kappa shape index (κ1) is 11.2. The minimum absolute atomic E-state index is 0.225. The number of benzene rings is 1. The molecule has 0 fully saturated rings. The highest BCUT2D eigenvalue weighted by molar-refractivity contribution is 7.73. The molecule has 3 rings (SSSR count). The zero-order valence-corrected chi connectivity index (χ0v) is 10.5. The molecule has 0 aliphatic carbocycles. The Morgan fingerprint density at radius 2 is 2.06 bits per heavy atom. The molecule has 0 radical (unpaired) electrons. The Morgan fingerprint density at radius 3 is 2.78 bits per heavy atom. The van der Waals surface area contributed by atoms with Crippen molar-refractivity contribution in [1.82, 2.24) is 14.5 Å². The lowest BCUT2D eigenvalue weighted by molar-refractivity contribution is 0.627. The zero-order chi connectivity index (χ0) is 12.7. The number of aromatic nitrogens is 3. The van der Waals surface area contributed by atoms with Crippen LogP contribution in [0.4, 0.5) is 4.39 Å². The van der Waals surface area contributed by atoms with E-state index < -0.39 is 0 Å². The summed E-state index contributed by atoms with van der Waals surface area (Å²) in [6, 6.07) is 5.88. The molecular formula is C11H6FN3OS2. The number of nitrogens with one attached hydrogen (secondary N) is 1. The van der Waals surface area contributed by atoms with Crippen molar-refractivity contribution in [2.75, 3.05) is 0 Å². The molecule has 2 heterocycles. The fraction of sp³-hybridized carbons (Fsp3) is 0. The lowest BCUT2D eigenvalue weighted by Gasteiger charge is -2.03. The lowest BCUT2D eigenvalue weighted by atomic mass is 10.3. The number of thiazole rings is 1. The molecule has 1 aromatic carbocycles. The summed E-state index contributed by atoms with van der Waals surface area (Å²) >= 11 is 6.40. The van der Waals surface area contributed by atoms with Crippen LogP contribution >= 0.6 is 23.6 Å². The Hall–Kier alpha value is -1.86. The van der Waals surface area contributed by atoms with E-state index in [-0.39, 0.29) is 11.4 Å². The first-order valence-electron chi connectivity index (χ1n) is 5.02. The van der Waals surface area contributed by atoms with Crippen LogP contribution < -0.4 is 5.56 Å². The van der Waals surface area contributed by atoms with Gasteiger partial charge in [0.15, 0.2) is 9.60 Å². The molecule has 0 aliphatic rings. The first-order chi connectivity index (χ1) is 8.66. The van der Waals surface area contributed by atoms with Crippen LogP contribution in [0.2, 0.25) is 0 Å². The smallest absolute Gasteiger partial charge is 0.270 e. The van der Waals surface area contributed by atoms with Crippen LogP contribution in [-0.4, -0.2) is 14.5 Å². The van der Waals surface area contributed by atoms with E-state index in [9.17, 15) is 9.18 Å². The Kier molecular flexibility index (Phi) is 2.57. The Morgan fingerprint density at radius 1 is 1.33 bits per heavy atom. The van der Waals surface area contributed by atoms with Gasteiger partial charge in [0, 0.05) is 5.69 Å². The standard InChI is InChI=1S/C11H6FN3OS2/c12-6-1-3-7(4-2-6)15-9-8(18-11(15)17)10(16)14-5-13-9/h1-5H,(H,13,14,16). The summed E-state index contributed by atoms with van der Waals surface area (Å²) in [6.07, 6.45) is 1.33. The van der Waals surface area contributed by atoms with Crippen LogP contribution in [0, 0.1) is 9.77 Å². The predicted molar refractivity (Wildman–Crippen MR) is 70.4 cm³/mol. The van der Waals surface area contributed by atoms with E-state index in [4.69, 9.17) is 12.2 Å². The zero-order valence-electron chi connectivity index (χ0n) is 8.88. The number of halogens is 1. The third-order valence-electron chi connectivity index (χ3n) is 2.46. The van der Waals surface area contributed by atoms with Gasteiger partial charge < -0.3 is 4.98 Å². The Labute approximate surface area is 109 Å². The Balaban J connectivity index is 2.39. The van der Waals surface area contributed by atoms with Gasteiger partial charge in [-0.1, -0.05) is 11.3 Å². The highest BCUT2D eigenvalue weighted by atomic mass is 32.1. The van der Waals surface area contributed by atoms with Crippen molar-refractivity contribution in [3.8, 4) is 5.69 Å². The molecule has 4 nitrogen and oxygen atoms in total. The van der Waals surface area contributed by atoms with Gasteiger partial charge >= 0.3 is 0 Å². The molecule has 3 aromatic rings. The van der Waals surface area contributed by atoms with E-state index in [0.717, 1.165) is 0 Å². The Bertz CT molecular complexity index is 832. The highest BCUT2D eigenvalue weighted by Crippen LogP contribution is 2.22. The van der Waals surface area contributed by atoms with E-state index in [1.54, 1.807) is 16.7 Å². The maximum atomic E-state index is 12.9. The van der Waals surface area contributed by atoms with Gasteiger partial charge in [-0.15, -0.1) is 0 Å². The van der Waals surface area contributed by atoms with Gasteiger partial charge in [-0.25, -0.2) is 9.37 Å². The fourth-order valence-electron chi connectivity index (χ4n) is 1.67. The summed E-state index contributed by atoms with van der Waals surface area (Å²) < 4.78 is 15.5. The molecule has 0 atom stereocenters. The molecule has 90 valence electrons. The normalized spacial score (nSPS) is 10.9. The first-order valence-corrected chi connectivity index (χ1v) is 6.24. The molecule has 0 aliphatic heterocycles. The summed E-state index contributed by atoms with van der Waals surface area (Å²) in [4.78, 5) is 18.2. The van der Waals surface area contributed by atoms with Crippen LogP contribution in [0.15, 0.2) is 35.4 Å². The average Bonchev–Trinajstić information content (AvgIpc) is 2.69. The molecule has 0 saturated carbocycles. The lowest BCUT2D eigenvalue weighted by Crippen LogP contribution is -2.06. The van der Waals surface area contributed by atoms with Gasteiger partial charge in [-0.05, 0) is 36.5 Å². The van der Waals surface area contributed by atoms with Crippen LogP contribution in [0.3, 0.4) is 0 Å². The van der Waals surface area contributed by atoms with Crippen molar-refractivity contribution in [3.63, 3.8) is 0 Å². The number of rotatable bonds is 1. The van der Waals surface area contributed by atoms with Gasteiger partial charge in [-0.2, -0.15) is 0 Å². The summed E-state index contributed by atoms with van der Waals surface area (Å²) in [6.45, 7) is 0. The summed E-state index contributed by atoms with van der Waals surface area (Å²) in [5.41, 5.74) is 0.947. The summed E-state index contributed by atoms with van der Waals surface area (Å²) in [5.74, 6) is -0.324. The van der Waals surface area contributed by atoms with Gasteiger partial charge in [0.2, 0.25) is 0 Å². The van der Waals surface area contributed by atoms with Gasteiger partial charge in [0.25, 0.3) is 5.56 Å². The second-order valence-electron chi connectivity index (χ2n) is 3.56. The van der Waals surface area contributed by atoms with Crippen molar-refractivity contribution in [2.24, 2.45) is 0 Å². The number of aromatic amines is 1. The predicted octanol–water partition coefficient (Wildman–Crippen LogP) is 2.64. The molecule has 1 N–H and O–H groups in total. The van der Waals surface area contributed by atoms with Gasteiger partial charge in [0.1, 0.15) is 10.5 Å². The minimum Gasteiger partial charge on any atom is -0.312 e. The van der Waals surface area contributed by atoms with Crippen LogP contribution in [0.25, 0.3) is 16.0 Å². The van der Waals surface area contributed by atoms with Crippen LogP contribution in [0.5, 0.6) is 0 Å². The molecule has 2 aromatic heterocycles. The number of H-pyrrole nitrogens is 1. The maximum absolute atomic E-state index is 12.9. The third kappa shape index (κ3) is 1.68. The van der Waals surface area contributed by atoms with Gasteiger partial charge in [-0.3, -0.25) is 9.36 Å². The third-order valence-corrected chi connectivity index (χ3v) is 3.82. The monoisotopic (exact) mass is 279 g/mol. The van der Waals surface area contributed by atoms with E-state index >= 15 is 0 Å². The number of fused-ring (bicyclic) bond motifs is 1. The maximum Gasteiger partial charge on any atom is 0.270 e. The van der Waals surface area contributed by atoms with Crippen molar-refractivity contribution in [3.05, 3.63) is 50.7 Å². The molecule has 7 heteroatoms. The van der Waals surface area contributed by atoms with Crippen molar-refractivity contribution >= 4 is 33.9 Å². The second-order valence-corrected chi connectivity index (χ2v) is 5.21. The average molecular weight is 279 g/mol. The summed E-state index contributed by atoms with van der Waals surface area (Å²) in [5, 5.41) is 0. The molecule has 18 heavy (non-hydrogen) atoms. The largest absolute Gasteiger partial charge is 0.312 e. The molecule has 0 amide bonds. The SMILES string of the molecule is O=c1[nH]cnc2c1sc(=S)n2-c1ccc(F)cc1. The molecular weight excluding hydrogens is 273 g/mol. The topological polar surface area (TPSA) is 50.7 Å². The summed E-state index contributed by atoms with van der Waals surface area (Å²) in [7, 11) is 0. The van der Waals surface area contributed by atoms with E-state index in [2.05, 4.69) is 9.97 Å². The quantitative estimate of drug-likeness (QED) is 0.697. The number of nitrogens with zero attached hydrogens (tertiary/aromatic N) is 2. The molecule has 0 spiro atoms. The van der Waals surface area contributed by atoms with Gasteiger partial charge in [0.05, 0.1) is 6.33 Å². The number of hydrogen-bond donors (Lipinski definition) is 1. The van der Waals surface area contributed by atoms with Crippen LogP contribution in [-0.2, 0) is 0 Å². The van der Waals surface area contributed by atoms with E-state index in [0.29, 0.717) is 20.0 Å². The number of hydrogen-bond acceptors (Lipinski definition) is 4. The van der Waals surface area contributed by atoms with Crippen LogP contribution in [0.1, 0.15) is 0 Å². The molecule has 0 saturated heterocycles. The molecule has 0 unspecified atom stereocenters. The second kappa shape index (κ2) is 4.11. The fourth-order valence-corrected chi connectivity index (χ4v) is 2.95. The van der Waals surface area contributed by atoms with Crippen molar-refractivity contribution in [2.45, 2.75) is 0 Å².